The molecule has 14 heavy (non-hydrogen) atoms. The molecule has 0 bridgehead atoms. The highest BCUT2D eigenvalue weighted by atomic mass is 32.2. The molecule has 0 aromatic heterocycles. The van der Waals surface area contributed by atoms with E-state index in [1.165, 1.54) is 30.9 Å². The van der Waals surface area contributed by atoms with Crippen LogP contribution in [0.2, 0.25) is 0 Å². The highest BCUT2D eigenvalue weighted by Gasteiger charge is 2.37. The molecule has 2 nitrogen and oxygen atoms in total. The lowest BCUT2D eigenvalue weighted by molar-refractivity contribution is 0.181. The zero-order chi connectivity index (χ0) is 10.0. The number of piperazine rings is 1. The lowest BCUT2D eigenvalue weighted by Gasteiger charge is -2.46. The Bertz CT molecular complexity index is 182. The van der Waals surface area contributed by atoms with Crippen molar-refractivity contribution in [3.63, 3.8) is 0 Å². The Hall–Kier alpha value is 0.270. The van der Waals surface area contributed by atoms with Crippen LogP contribution in [0, 0.1) is 5.92 Å². The molecule has 2 aliphatic rings. The van der Waals surface area contributed by atoms with E-state index in [0.29, 0.717) is 11.6 Å². The molecule has 0 aliphatic carbocycles. The van der Waals surface area contributed by atoms with E-state index in [1.54, 1.807) is 0 Å². The van der Waals surface area contributed by atoms with Gasteiger partial charge in [-0.2, -0.15) is 11.8 Å². The van der Waals surface area contributed by atoms with Gasteiger partial charge in [-0.3, -0.25) is 0 Å². The molecule has 0 aromatic rings. The van der Waals surface area contributed by atoms with E-state index in [1.807, 2.05) is 0 Å². The molecule has 3 heteroatoms. The van der Waals surface area contributed by atoms with Crippen molar-refractivity contribution in [2.24, 2.45) is 5.92 Å². The Kier molecular flexibility index (Phi) is 3.40. The van der Waals surface area contributed by atoms with E-state index >= 15 is 0 Å². The van der Waals surface area contributed by atoms with Crippen LogP contribution < -0.4 is 10.6 Å². The largest absolute Gasteiger partial charge is 0.313 e. The molecular weight excluding hydrogens is 192 g/mol. The van der Waals surface area contributed by atoms with Crippen molar-refractivity contribution in [3.8, 4) is 0 Å². The minimum Gasteiger partial charge on any atom is -0.313 e. The van der Waals surface area contributed by atoms with E-state index in [0.717, 1.165) is 12.5 Å². The van der Waals surface area contributed by atoms with Crippen LogP contribution in [0.5, 0.6) is 0 Å². The van der Waals surface area contributed by atoms with Crippen molar-refractivity contribution in [3.05, 3.63) is 0 Å². The van der Waals surface area contributed by atoms with E-state index in [4.69, 9.17) is 0 Å². The molecule has 0 saturated carbocycles. The third-order valence-electron chi connectivity index (χ3n) is 3.57. The first-order valence-electron chi connectivity index (χ1n) is 5.78. The number of nitrogens with one attached hydrogen (secondary N) is 2. The number of hydrogen-bond donors (Lipinski definition) is 2. The van der Waals surface area contributed by atoms with Crippen molar-refractivity contribution in [2.45, 2.75) is 38.3 Å². The Morgan fingerprint density at radius 2 is 2.00 bits per heavy atom. The Balaban J connectivity index is 1.97. The van der Waals surface area contributed by atoms with Crippen LogP contribution in [0.15, 0.2) is 0 Å². The summed E-state index contributed by atoms with van der Waals surface area (Å²) in [5.74, 6) is 3.41. The molecule has 2 aliphatic heterocycles. The fraction of sp³-hybridized carbons (Fsp3) is 1.00. The second-order valence-electron chi connectivity index (χ2n) is 5.02. The second kappa shape index (κ2) is 4.42. The van der Waals surface area contributed by atoms with Crippen LogP contribution in [-0.4, -0.2) is 36.2 Å². The maximum Gasteiger partial charge on any atom is 0.0325 e. The molecule has 2 heterocycles. The standard InChI is InChI=1S/C11H22N2S/c1-9(2)10-7-12-8-11(13-10)3-5-14-6-4-11/h9-10,12-13H,3-8H2,1-2H3/t10-/m1/s1. The summed E-state index contributed by atoms with van der Waals surface area (Å²) in [6.07, 6.45) is 2.68. The molecule has 2 fully saturated rings. The van der Waals surface area contributed by atoms with Crippen LogP contribution in [0.1, 0.15) is 26.7 Å². The van der Waals surface area contributed by atoms with E-state index < -0.39 is 0 Å². The van der Waals surface area contributed by atoms with Gasteiger partial charge in [0, 0.05) is 24.7 Å². The SMILES string of the molecule is CC(C)[C@H]1CNCC2(CCSCC2)N1. The van der Waals surface area contributed by atoms with Crippen molar-refractivity contribution in [1.82, 2.24) is 10.6 Å². The van der Waals surface area contributed by atoms with E-state index in [2.05, 4.69) is 36.2 Å². The molecule has 1 spiro atoms. The van der Waals surface area contributed by atoms with Gasteiger partial charge in [0.1, 0.15) is 0 Å². The zero-order valence-corrected chi connectivity index (χ0v) is 10.1. The Morgan fingerprint density at radius 3 is 2.64 bits per heavy atom. The van der Waals surface area contributed by atoms with Gasteiger partial charge in [0.05, 0.1) is 0 Å². The van der Waals surface area contributed by atoms with Gasteiger partial charge in [0.2, 0.25) is 0 Å². The maximum absolute atomic E-state index is 3.89. The van der Waals surface area contributed by atoms with Crippen molar-refractivity contribution < 1.29 is 0 Å². The minimum atomic E-state index is 0.429. The molecule has 0 aromatic carbocycles. The molecule has 0 unspecified atom stereocenters. The second-order valence-corrected chi connectivity index (χ2v) is 6.24. The van der Waals surface area contributed by atoms with E-state index in [-0.39, 0.29) is 0 Å². The Labute approximate surface area is 91.6 Å². The summed E-state index contributed by atoms with van der Waals surface area (Å²) < 4.78 is 0. The Morgan fingerprint density at radius 1 is 1.29 bits per heavy atom. The zero-order valence-electron chi connectivity index (χ0n) is 9.31. The van der Waals surface area contributed by atoms with Crippen LogP contribution in [0.3, 0.4) is 0 Å². The predicted octanol–water partition coefficient (Wildman–Crippen LogP) is 1.47. The fourth-order valence-corrected chi connectivity index (χ4v) is 3.72. The summed E-state index contributed by atoms with van der Waals surface area (Å²) in [5, 5.41) is 7.50. The van der Waals surface area contributed by atoms with E-state index in [9.17, 15) is 0 Å². The van der Waals surface area contributed by atoms with Gasteiger partial charge in [-0.15, -0.1) is 0 Å². The number of thioether (sulfide) groups is 1. The monoisotopic (exact) mass is 214 g/mol. The summed E-state index contributed by atoms with van der Waals surface area (Å²) >= 11 is 2.10. The molecular formula is C11H22N2S. The highest BCUT2D eigenvalue weighted by Crippen LogP contribution is 2.29. The maximum atomic E-state index is 3.89. The average Bonchev–Trinajstić information content (AvgIpc) is 2.19. The topological polar surface area (TPSA) is 24.1 Å². The summed E-state index contributed by atoms with van der Waals surface area (Å²) in [5.41, 5.74) is 0.429. The predicted molar refractivity (Wildman–Crippen MR) is 63.9 cm³/mol. The summed E-state index contributed by atoms with van der Waals surface area (Å²) in [6, 6.07) is 0.673. The molecule has 1 atom stereocenters. The van der Waals surface area contributed by atoms with Crippen molar-refractivity contribution >= 4 is 11.8 Å². The van der Waals surface area contributed by atoms with Crippen molar-refractivity contribution in [2.75, 3.05) is 24.6 Å². The van der Waals surface area contributed by atoms with Gasteiger partial charge in [0.15, 0.2) is 0 Å². The fourth-order valence-electron chi connectivity index (χ4n) is 2.45. The van der Waals surface area contributed by atoms with Gasteiger partial charge in [-0.25, -0.2) is 0 Å². The van der Waals surface area contributed by atoms with Crippen LogP contribution >= 0.6 is 11.8 Å². The first kappa shape index (κ1) is 10.8. The normalized spacial score (nSPS) is 32.4. The summed E-state index contributed by atoms with van der Waals surface area (Å²) in [4.78, 5) is 0. The smallest absolute Gasteiger partial charge is 0.0325 e. The first-order chi connectivity index (χ1) is 6.72. The molecule has 2 saturated heterocycles. The third kappa shape index (κ3) is 2.26. The number of hydrogen-bond acceptors (Lipinski definition) is 3. The van der Waals surface area contributed by atoms with Crippen LogP contribution in [0.4, 0.5) is 0 Å². The van der Waals surface area contributed by atoms with Crippen LogP contribution in [0.25, 0.3) is 0 Å². The number of rotatable bonds is 1. The van der Waals surface area contributed by atoms with Gasteiger partial charge in [0.25, 0.3) is 0 Å². The molecule has 0 amide bonds. The summed E-state index contributed by atoms with van der Waals surface area (Å²) in [7, 11) is 0. The average molecular weight is 214 g/mol. The lowest BCUT2D eigenvalue weighted by atomic mass is 9.86. The van der Waals surface area contributed by atoms with Gasteiger partial charge in [-0.05, 0) is 30.3 Å². The van der Waals surface area contributed by atoms with Gasteiger partial charge in [-0.1, -0.05) is 13.8 Å². The first-order valence-corrected chi connectivity index (χ1v) is 6.93. The molecule has 82 valence electrons. The highest BCUT2D eigenvalue weighted by molar-refractivity contribution is 7.99. The summed E-state index contributed by atoms with van der Waals surface area (Å²) in [6.45, 7) is 6.95. The molecule has 2 rings (SSSR count). The lowest BCUT2D eigenvalue weighted by Crippen LogP contribution is -2.66. The molecule has 0 radical (unpaired) electrons. The quantitative estimate of drug-likeness (QED) is 0.691. The van der Waals surface area contributed by atoms with Gasteiger partial charge < -0.3 is 10.6 Å². The van der Waals surface area contributed by atoms with Crippen LogP contribution in [-0.2, 0) is 0 Å². The van der Waals surface area contributed by atoms with Crippen molar-refractivity contribution in [1.29, 1.82) is 0 Å². The molecule has 2 N–H and O–H groups in total. The van der Waals surface area contributed by atoms with Gasteiger partial charge >= 0.3 is 0 Å². The minimum absolute atomic E-state index is 0.429. The third-order valence-corrected chi connectivity index (χ3v) is 4.56.